The van der Waals surface area contributed by atoms with E-state index in [1.54, 1.807) is 31.2 Å². The third-order valence-electron chi connectivity index (χ3n) is 3.40. The quantitative estimate of drug-likeness (QED) is 0.788. The van der Waals surface area contributed by atoms with Crippen LogP contribution in [-0.4, -0.2) is 17.6 Å². The topological polar surface area (TPSA) is 72.2 Å². The van der Waals surface area contributed by atoms with Crippen LogP contribution in [0, 0.1) is 0 Å². The van der Waals surface area contributed by atoms with Crippen molar-refractivity contribution in [3.8, 4) is 0 Å². The van der Waals surface area contributed by atoms with Gasteiger partial charge in [0, 0.05) is 9.92 Å². The normalized spacial score (nSPS) is 13.1. The molecule has 0 aliphatic heterocycles. The van der Waals surface area contributed by atoms with Gasteiger partial charge >= 0.3 is 0 Å². The molecule has 3 N–H and O–H groups in total. The molecule has 0 aromatic heterocycles. The minimum Gasteiger partial charge on any atom is -0.367 e. The molecule has 2 aromatic carbocycles. The number of carbonyl (C=O) groups is 2. The molecule has 0 radical (unpaired) electrons. The molecule has 120 valence electrons. The summed E-state index contributed by atoms with van der Waals surface area (Å²) in [5.74, 6) is -0.731. The Kier molecular flexibility index (Phi) is 5.69. The maximum Gasteiger partial charge on any atom is 0.247 e. The summed E-state index contributed by atoms with van der Waals surface area (Å²) in [7, 11) is 0. The largest absolute Gasteiger partial charge is 0.367 e. The van der Waals surface area contributed by atoms with Crippen LogP contribution in [0.15, 0.2) is 59.5 Å². The maximum absolute atomic E-state index is 12.2. The number of nitrogens with one attached hydrogen (secondary N) is 1. The third-order valence-corrected chi connectivity index (χ3v) is 4.64. The van der Waals surface area contributed by atoms with Crippen molar-refractivity contribution in [2.45, 2.75) is 17.4 Å². The average molecular weight is 349 g/mol. The summed E-state index contributed by atoms with van der Waals surface area (Å²) >= 11 is 7.35. The SMILES string of the molecule is CC(NC(=O)CSc1ccccc1)(C(N)=O)c1cccc(Cl)c1. The van der Waals surface area contributed by atoms with Gasteiger partial charge < -0.3 is 11.1 Å². The van der Waals surface area contributed by atoms with Gasteiger partial charge in [0.1, 0.15) is 5.54 Å². The first-order valence-electron chi connectivity index (χ1n) is 6.96. The number of thioether (sulfide) groups is 1. The number of primary amides is 1. The van der Waals surface area contributed by atoms with Crippen LogP contribution < -0.4 is 11.1 Å². The molecular formula is C17H17ClN2O2S. The van der Waals surface area contributed by atoms with Crippen LogP contribution in [0.2, 0.25) is 5.02 Å². The van der Waals surface area contributed by atoms with Gasteiger partial charge in [0.15, 0.2) is 0 Å². The maximum atomic E-state index is 12.2. The molecule has 0 heterocycles. The highest BCUT2D eigenvalue weighted by molar-refractivity contribution is 8.00. The molecule has 6 heteroatoms. The van der Waals surface area contributed by atoms with Gasteiger partial charge in [-0.3, -0.25) is 9.59 Å². The summed E-state index contributed by atoms with van der Waals surface area (Å²) in [6.07, 6.45) is 0. The van der Waals surface area contributed by atoms with Crippen LogP contribution in [0.3, 0.4) is 0 Å². The molecule has 0 aliphatic carbocycles. The Morgan fingerprint density at radius 2 is 1.87 bits per heavy atom. The lowest BCUT2D eigenvalue weighted by atomic mass is 9.91. The van der Waals surface area contributed by atoms with Crippen LogP contribution in [0.25, 0.3) is 0 Å². The van der Waals surface area contributed by atoms with Gasteiger partial charge in [-0.1, -0.05) is 41.9 Å². The van der Waals surface area contributed by atoms with Crippen LogP contribution in [0.1, 0.15) is 12.5 Å². The van der Waals surface area contributed by atoms with Gasteiger partial charge in [-0.2, -0.15) is 0 Å². The average Bonchev–Trinajstić information content (AvgIpc) is 2.53. The van der Waals surface area contributed by atoms with Gasteiger partial charge in [0.2, 0.25) is 11.8 Å². The highest BCUT2D eigenvalue weighted by atomic mass is 35.5. The number of halogens is 1. The predicted octanol–water partition coefficient (Wildman–Crippen LogP) is 2.95. The molecular weight excluding hydrogens is 332 g/mol. The molecule has 0 saturated carbocycles. The highest BCUT2D eigenvalue weighted by Crippen LogP contribution is 2.24. The number of benzene rings is 2. The standard InChI is InChI=1S/C17H17ClN2O2S/c1-17(16(19)22,12-6-5-7-13(18)10-12)20-15(21)11-23-14-8-3-2-4-9-14/h2-10H,11H2,1H3,(H2,19,22)(H,20,21). The zero-order valence-electron chi connectivity index (χ0n) is 12.6. The van der Waals surface area contributed by atoms with E-state index in [1.165, 1.54) is 11.8 Å². The fourth-order valence-corrected chi connectivity index (χ4v) is 2.97. The van der Waals surface area contributed by atoms with Crippen LogP contribution in [0.4, 0.5) is 0 Å². The van der Waals surface area contributed by atoms with E-state index in [0.29, 0.717) is 10.6 Å². The van der Waals surface area contributed by atoms with Crippen molar-refractivity contribution in [1.82, 2.24) is 5.32 Å². The summed E-state index contributed by atoms with van der Waals surface area (Å²) in [4.78, 5) is 25.1. The second kappa shape index (κ2) is 7.53. The fraction of sp³-hybridized carbons (Fsp3) is 0.176. The lowest BCUT2D eigenvalue weighted by Gasteiger charge is -2.28. The van der Waals surface area contributed by atoms with E-state index in [4.69, 9.17) is 17.3 Å². The molecule has 1 unspecified atom stereocenters. The first-order chi connectivity index (χ1) is 10.9. The highest BCUT2D eigenvalue weighted by Gasteiger charge is 2.35. The molecule has 1 atom stereocenters. The zero-order valence-corrected chi connectivity index (χ0v) is 14.2. The zero-order chi connectivity index (χ0) is 16.9. The van der Waals surface area contributed by atoms with Crippen molar-refractivity contribution in [2.24, 2.45) is 5.73 Å². The number of nitrogens with two attached hydrogens (primary N) is 1. The van der Waals surface area contributed by atoms with E-state index in [9.17, 15) is 9.59 Å². The molecule has 0 spiro atoms. The summed E-state index contributed by atoms with van der Waals surface area (Å²) in [5.41, 5.74) is 4.75. The second-order valence-corrected chi connectivity index (χ2v) is 6.63. The van der Waals surface area contributed by atoms with Crippen molar-refractivity contribution >= 4 is 35.2 Å². The molecule has 2 rings (SSSR count). The van der Waals surface area contributed by atoms with E-state index >= 15 is 0 Å². The van der Waals surface area contributed by atoms with Crippen molar-refractivity contribution in [3.63, 3.8) is 0 Å². The Morgan fingerprint density at radius 1 is 1.17 bits per heavy atom. The number of carbonyl (C=O) groups excluding carboxylic acids is 2. The van der Waals surface area contributed by atoms with Crippen LogP contribution in [-0.2, 0) is 15.1 Å². The Balaban J connectivity index is 2.10. The number of hydrogen-bond donors (Lipinski definition) is 2. The number of rotatable bonds is 6. The smallest absolute Gasteiger partial charge is 0.247 e. The Labute approximate surface area is 144 Å². The molecule has 0 bridgehead atoms. The minimum absolute atomic E-state index is 0.188. The summed E-state index contributed by atoms with van der Waals surface area (Å²) in [5, 5.41) is 3.19. The van der Waals surface area contributed by atoms with Crippen molar-refractivity contribution < 1.29 is 9.59 Å². The molecule has 2 aromatic rings. The van der Waals surface area contributed by atoms with Crippen molar-refractivity contribution in [3.05, 3.63) is 65.2 Å². The Bertz CT molecular complexity index is 709. The Morgan fingerprint density at radius 3 is 2.48 bits per heavy atom. The molecule has 23 heavy (non-hydrogen) atoms. The summed E-state index contributed by atoms with van der Waals surface area (Å²) in [6, 6.07) is 16.3. The van der Waals surface area contributed by atoms with E-state index < -0.39 is 11.4 Å². The molecule has 0 aliphatic rings. The lowest BCUT2D eigenvalue weighted by molar-refractivity contribution is -0.130. The monoisotopic (exact) mass is 348 g/mol. The van der Waals surface area contributed by atoms with Gasteiger partial charge in [0.25, 0.3) is 0 Å². The summed E-state index contributed by atoms with van der Waals surface area (Å²) < 4.78 is 0. The van der Waals surface area contributed by atoms with Crippen molar-refractivity contribution in [2.75, 3.05) is 5.75 Å². The lowest BCUT2D eigenvalue weighted by Crippen LogP contribution is -2.53. The second-order valence-electron chi connectivity index (χ2n) is 5.15. The van der Waals surface area contributed by atoms with E-state index in [2.05, 4.69) is 5.32 Å². The van der Waals surface area contributed by atoms with E-state index in [0.717, 1.165) is 4.90 Å². The predicted molar refractivity (Wildman–Crippen MR) is 93.3 cm³/mol. The number of amides is 2. The minimum atomic E-state index is -1.31. The van der Waals surface area contributed by atoms with Gasteiger partial charge in [-0.25, -0.2) is 0 Å². The molecule has 4 nitrogen and oxygen atoms in total. The third kappa shape index (κ3) is 4.50. The number of hydrogen-bond acceptors (Lipinski definition) is 3. The van der Waals surface area contributed by atoms with Gasteiger partial charge in [-0.05, 0) is 36.8 Å². The molecule has 0 saturated heterocycles. The van der Waals surface area contributed by atoms with Crippen LogP contribution >= 0.6 is 23.4 Å². The van der Waals surface area contributed by atoms with Gasteiger partial charge in [-0.15, -0.1) is 11.8 Å². The van der Waals surface area contributed by atoms with Gasteiger partial charge in [0.05, 0.1) is 5.75 Å². The Hall–Kier alpha value is -1.98. The molecule has 0 fully saturated rings. The molecule has 2 amide bonds. The van der Waals surface area contributed by atoms with E-state index in [1.807, 2.05) is 30.3 Å². The summed E-state index contributed by atoms with van der Waals surface area (Å²) in [6.45, 7) is 1.58. The first-order valence-corrected chi connectivity index (χ1v) is 8.33. The first kappa shape index (κ1) is 17.4. The fourth-order valence-electron chi connectivity index (χ4n) is 2.06. The van der Waals surface area contributed by atoms with Crippen LogP contribution in [0.5, 0.6) is 0 Å². The van der Waals surface area contributed by atoms with E-state index in [-0.39, 0.29) is 11.7 Å². The van der Waals surface area contributed by atoms with Crippen molar-refractivity contribution in [1.29, 1.82) is 0 Å².